The van der Waals surface area contributed by atoms with Crippen LogP contribution >= 0.6 is 0 Å². The normalized spacial score (nSPS) is 14.2. The summed E-state index contributed by atoms with van der Waals surface area (Å²) < 4.78 is 5.07. The maximum atomic E-state index is 11.9. The number of ether oxygens (including phenoxy) is 1. The van der Waals surface area contributed by atoms with E-state index in [0.29, 0.717) is 26.1 Å². The van der Waals surface area contributed by atoms with Crippen LogP contribution in [-0.4, -0.2) is 41.8 Å². The lowest BCUT2D eigenvalue weighted by molar-refractivity contribution is -0.136. The van der Waals surface area contributed by atoms with E-state index in [9.17, 15) is 9.59 Å². The lowest BCUT2D eigenvalue weighted by atomic mass is 9.94. The molecule has 0 bridgehead atoms. The Kier molecular flexibility index (Phi) is 5.41. The van der Waals surface area contributed by atoms with Crippen molar-refractivity contribution < 1.29 is 19.4 Å². The first-order chi connectivity index (χ1) is 10.5. The number of fused-ring (bicyclic) bond motifs is 1. The van der Waals surface area contributed by atoms with Gasteiger partial charge in [0.05, 0.1) is 6.61 Å². The monoisotopic (exact) mass is 305 g/mol. The number of benzene rings is 1. The zero-order chi connectivity index (χ0) is 16.1. The number of carbonyl (C=O) groups excluding carboxylic acids is 1. The van der Waals surface area contributed by atoms with Gasteiger partial charge in [0.25, 0.3) is 0 Å². The minimum Gasteiger partial charge on any atom is -0.481 e. The van der Waals surface area contributed by atoms with Crippen molar-refractivity contribution in [2.24, 2.45) is 0 Å². The first-order valence-electron chi connectivity index (χ1n) is 7.76. The van der Waals surface area contributed by atoms with Crippen LogP contribution in [0.3, 0.4) is 0 Å². The van der Waals surface area contributed by atoms with Crippen LogP contribution in [0.2, 0.25) is 0 Å². The summed E-state index contributed by atoms with van der Waals surface area (Å²) in [7, 11) is 0. The molecule has 0 radical (unpaired) electrons. The Balaban J connectivity index is 2.12. The molecule has 0 saturated heterocycles. The van der Waals surface area contributed by atoms with E-state index in [4.69, 9.17) is 9.84 Å². The van der Waals surface area contributed by atoms with Gasteiger partial charge in [0.15, 0.2) is 0 Å². The summed E-state index contributed by atoms with van der Waals surface area (Å²) in [6, 6.07) is 4.25. The highest BCUT2D eigenvalue weighted by molar-refractivity contribution is 5.68. The Bertz CT molecular complexity index is 568. The summed E-state index contributed by atoms with van der Waals surface area (Å²) in [6.45, 7) is 5.53. The highest BCUT2D eigenvalue weighted by Gasteiger charge is 2.20. The van der Waals surface area contributed by atoms with Gasteiger partial charge in [0.1, 0.15) is 0 Å². The Morgan fingerprint density at radius 1 is 1.23 bits per heavy atom. The Morgan fingerprint density at radius 2 is 1.86 bits per heavy atom. The summed E-state index contributed by atoms with van der Waals surface area (Å²) >= 11 is 0. The Morgan fingerprint density at radius 3 is 2.45 bits per heavy atom. The topological polar surface area (TPSA) is 66.8 Å². The van der Waals surface area contributed by atoms with Gasteiger partial charge in [-0.15, -0.1) is 0 Å². The molecule has 1 aliphatic rings. The predicted molar refractivity (Wildman–Crippen MR) is 83.1 cm³/mol. The molecule has 0 fully saturated rings. The van der Waals surface area contributed by atoms with E-state index in [1.54, 1.807) is 4.90 Å². The van der Waals surface area contributed by atoms with Crippen molar-refractivity contribution in [1.29, 1.82) is 0 Å². The number of rotatable bonds is 4. The van der Waals surface area contributed by atoms with Gasteiger partial charge in [-0.2, -0.15) is 0 Å². The first-order valence-corrected chi connectivity index (χ1v) is 7.76. The third-order valence-electron chi connectivity index (χ3n) is 4.09. The van der Waals surface area contributed by atoms with Crippen molar-refractivity contribution in [1.82, 2.24) is 4.90 Å². The second kappa shape index (κ2) is 7.29. The smallest absolute Gasteiger partial charge is 0.409 e. The third-order valence-corrected chi connectivity index (χ3v) is 4.09. The van der Waals surface area contributed by atoms with Crippen LogP contribution in [0.1, 0.15) is 35.6 Å². The second-order valence-electron chi connectivity index (χ2n) is 5.63. The molecule has 120 valence electrons. The number of carbonyl (C=O) groups is 2. The molecular weight excluding hydrogens is 282 g/mol. The number of carboxylic acids is 1. The first kappa shape index (κ1) is 16.3. The molecule has 1 aromatic rings. The maximum absolute atomic E-state index is 11.9. The third kappa shape index (κ3) is 4.00. The van der Waals surface area contributed by atoms with Crippen molar-refractivity contribution in [2.45, 2.75) is 39.5 Å². The summed E-state index contributed by atoms with van der Waals surface area (Å²) in [6.07, 6.45) is 2.05. The van der Waals surface area contributed by atoms with Crippen LogP contribution in [-0.2, 0) is 28.8 Å². The molecule has 0 saturated carbocycles. The van der Waals surface area contributed by atoms with E-state index in [-0.39, 0.29) is 12.5 Å². The van der Waals surface area contributed by atoms with Crippen molar-refractivity contribution in [3.05, 3.63) is 34.4 Å². The maximum Gasteiger partial charge on any atom is 0.409 e. The fourth-order valence-corrected chi connectivity index (χ4v) is 2.86. The van der Waals surface area contributed by atoms with Gasteiger partial charge < -0.3 is 14.7 Å². The molecule has 5 heteroatoms. The number of hydrogen-bond donors (Lipinski definition) is 1. The van der Waals surface area contributed by atoms with Gasteiger partial charge in [-0.1, -0.05) is 12.1 Å². The molecule has 0 spiro atoms. The second-order valence-corrected chi connectivity index (χ2v) is 5.63. The van der Waals surface area contributed by atoms with Gasteiger partial charge in [0.2, 0.25) is 0 Å². The average Bonchev–Trinajstić information content (AvgIpc) is 2.67. The quantitative estimate of drug-likeness (QED) is 0.928. The van der Waals surface area contributed by atoms with Gasteiger partial charge in [-0.05, 0) is 55.4 Å². The van der Waals surface area contributed by atoms with Gasteiger partial charge in [0, 0.05) is 19.5 Å². The fourth-order valence-electron chi connectivity index (χ4n) is 2.86. The van der Waals surface area contributed by atoms with Crippen LogP contribution in [0, 0.1) is 6.92 Å². The number of nitrogens with zero attached hydrogens (tertiary/aromatic N) is 1. The zero-order valence-corrected chi connectivity index (χ0v) is 13.2. The molecule has 1 aliphatic heterocycles. The number of amides is 1. The molecule has 0 unspecified atom stereocenters. The lowest BCUT2D eigenvalue weighted by Crippen LogP contribution is -2.33. The number of hydrogen-bond acceptors (Lipinski definition) is 3. The van der Waals surface area contributed by atoms with E-state index >= 15 is 0 Å². The van der Waals surface area contributed by atoms with Gasteiger partial charge in [-0.25, -0.2) is 4.79 Å². The number of carboxylic acid groups (broad SMARTS) is 1. The fraction of sp³-hybridized carbons (Fsp3) is 0.529. The molecule has 1 N–H and O–H groups in total. The van der Waals surface area contributed by atoms with Crippen LogP contribution in [0.4, 0.5) is 4.79 Å². The highest BCUT2D eigenvalue weighted by Crippen LogP contribution is 2.22. The van der Waals surface area contributed by atoms with Gasteiger partial charge >= 0.3 is 12.1 Å². The summed E-state index contributed by atoms with van der Waals surface area (Å²) in [5.74, 6) is -0.775. The largest absolute Gasteiger partial charge is 0.481 e. The predicted octanol–water partition coefficient (Wildman–Crippen LogP) is 2.57. The molecule has 0 aromatic heterocycles. The zero-order valence-electron chi connectivity index (χ0n) is 13.2. The van der Waals surface area contributed by atoms with Crippen molar-refractivity contribution in [3.63, 3.8) is 0 Å². The van der Waals surface area contributed by atoms with Gasteiger partial charge in [-0.3, -0.25) is 4.79 Å². The van der Waals surface area contributed by atoms with E-state index in [1.165, 1.54) is 11.1 Å². The summed E-state index contributed by atoms with van der Waals surface area (Å²) in [5, 5.41) is 8.84. The molecule has 22 heavy (non-hydrogen) atoms. The van der Waals surface area contributed by atoms with E-state index in [2.05, 4.69) is 12.1 Å². The summed E-state index contributed by atoms with van der Waals surface area (Å²) in [5.41, 5.74) is 4.69. The molecule has 1 amide bonds. The Labute approximate surface area is 130 Å². The highest BCUT2D eigenvalue weighted by atomic mass is 16.6. The lowest BCUT2D eigenvalue weighted by Gasteiger charge is -2.18. The molecule has 2 rings (SSSR count). The summed E-state index contributed by atoms with van der Waals surface area (Å²) in [4.78, 5) is 24.3. The van der Waals surface area contributed by atoms with Crippen molar-refractivity contribution >= 4 is 12.1 Å². The van der Waals surface area contributed by atoms with E-state index < -0.39 is 5.97 Å². The molecule has 0 atom stereocenters. The van der Waals surface area contributed by atoms with E-state index in [0.717, 1.165) is 24.0 Å². The van der Waals surface area contributed by atoms with Crippen LogP contribution in [0.5, 0.6) is 0 Å². The molecule has 0 aliphatic carbocycles. The standard InChI is InChI=1S/C17H23NO4/c1-3-22-17(21)18-8-6-14-10-12(2)13(4-5-16(19)20)11-15(14)7-9-18/h10-11H,3-9H2,1-2H3,(H,19,20). The SMILES string of the molecule is CCOC(=O)N1CCc2cc(C)c(CCC(=O)O)cc2CC1. The molecule has 1 aromatic carbocycles. The average molecular weight is 305 g/mol. The molecular formula is C17H23NO4. The minimum atomic E-state index is -0.775. The van der Waals surface area contributed by atoms with Crippen LogP contribution in [0.15, 0.2) is 12.1 Å². The number of aryl methyl sites for hydroxylation is 2. The molecule has 5 nitrogen and oxygen atoms in total. The van der Waals surface area contributed by atoms with Crippen molar-refractivity contribution in [3.8, 4) is 0 Å². The minimum absolute atomic E-state index is 0.147. The van der Waals surface area contributed by atoms with Crippen molar-refractivity contribution in [2.75, 3.05) is 19.7 Å². The Hall–Kier alpha value is -2.04. The van der Waals surface area contributed by atoms with Crippen LogP contribution in [0.25, 0.3) is 0 Å². The van der Waals surface area contributed by atoms with Crippen LogP contribution < -0.4 is 0 Å². The molecule has 1 heterocycles. The number of aliphatic carboxylic acids is 1. The van der Waals surface area contributed by atoms with E-state index in [1.807, 2.05) is 13.8 Å².